The van der Waals surface area contributed by atoms with Crippen molar-refractivity contribution >= 4 is 44.1 Å². The number of carbonyl (C=O) groups is 1. The maximum absolute atomic E-state index is 13.3. The number of carbonyl (C=O) groups excluding carboxylic acids is 1. The van der Waals surface area contributed by atoms with Crippen LogP contribution in [0.1, 0.15) is 41.4 Å². The fourth-order valence-corrected chi connectivity index (χ4v) is 5.71. The highest BCUT2D eigenvalue weighted by molar-refractivity contribution is 7.20. The number of pyridine rings is 1. The maximum Gasteiger partial charge on any atom is 0.261 e. The van der Waals surface area contributed by atoms with Gasteiger partial charge in [0.2, 0.25) is 0 Å². The fraction of sp³-hybridized carbons (Fsp3) is 0.407. The second kappa shape index (κ2) is 10.2. The molecule has 4 heterocycles. The lowest BCUT2D eigenvalue weighted by Crippen LogP contribution is -2.44. The van der Waals surface area contributed by atoms with E-state index >= 15 is 0 Å². The van der Waals surface area contributed by atoms with Crippen molar-refractivity contribution in [2.24, 2.45) is 0 Å². The molecular formula is C27H33N5OS. The first-order valence-electron chi connectivity index (χ1n) is 12.3. The van der Waals surface area contributed by atoms with Gasteiger partial charge in [0.15, 0.2) is 0 Å². The van der Waals surface area contributed by atoms with Crippen LogP contribution in [-0.4, -0.2) is 60.0 Å². The normalized spacial score (nSPS) is 15.8. The van der Waals surface area contributed by atoms with Crippen LogP contribution < -0.4 is 10.2 Å². The molecule has 0 aliphatic carbocycles. The predicted molar refractivity (Wildman–Crippen MR) is 142 cm³/mol. The number of piperazine rings is 1. The van der Waals surface area contributed by atoms with Crippen LogP contribution in [0.25, 0.3) is 21.0 Å². The Kier molecular flexibility index (Phi) is 6.83. The smallest absolute Gasteiger partial charge is 0.261 e. The number of anilines is 1. The zero-order valence-corrected chi connectivity index (χ0v) is 20.8. The number of H-pyrrole nitrogens is 1. The van der Waals surface area contributed by atoms with Crippen molar-refractivity contribution in [1.29, 1.82) is 0 Å². The third kappa shape index (κ3) is 4.95. The van der Waals surface area contributed by atoms with Crippen LogP contribution in [0.2, 0.25) is 0 Å². The van der Waals surface area contributed by atoms with Gasteiger partial charge in [0, 0.05) is 65.6 Å². The second-order valence-corrected chi connectivity index (χ2v) is 10.4. The summed E-state index contributed by atoms with van der Waals surface area (Å²) < 4.78 is 1.12. The SMILES string of the molecule is CCCC[C@H](Cc1c[nH]c2ccccc12)NC(=O)c1cc2cnc(N3CCN(C)CC3)cc2s1. The predicted octanol–water partition coefficient (Wildman–Crippen LogP) is 5.06. The molecule has 1 aliphatic heterocycles. The number of thiophene rings is 1. The summed E-state index contributed by atoms with van der Waals surface area (Å²) in [6, 6.07) is 12.6. The molecule has 6 nitrogen and oxygen atoms in total. The number of nitrogens with zero attached hydrogens (tertiary/aromatic N) is 3. The highest BCUT2D eigenvalue weighted by atomic mass is 32.1. The third-order valence-electron chi connectivity index (χ3n) is 6.82. The zero-order chi connectivity index (χ0) is 23.5. The molecule has 4 aromatic rings. The maximum atomic E-state index is 13.3. The zero-order valence-electron chi connectivity index (χ0n) is 20.0. The fourth-order valence-electron chi connectivity index (χ4n) is 4.74. The second-order valence-electron chi connectivity index (χ2n) is 9.36. The first-order valence-corrected chi connectivity index (χ1v) is 13.1. The van der Waals surface area contributed by atoms with E-state index in [1.54, 1.807) is 11.3 Å². The topological polar surface area (TPSA) is 64.3 Å². The van der Waals surface area contributed by atoms with Gasteiger partial charge in [-0.3, -0.25) is 4.79 Å². The van der Waals surface area contributed by atoms with Gasteiger partial charge in [-0.2, -0.15) is 0 Å². The van der Waals surface area contributed by atoms with Crippen LogP contribution in [0, 0.1) is 0 Å². The summed E-state index contributed by atoms with van der Waals surface area (Å²) in [6.45, 7) is 6.27. The van der Waals surface area contributed by atoms with Crippen molar-refractivity contribution in [1.82, 2.24) is 20.2 Å². The number of nitrogens with one attached hydrogen (secondary N) is 2. The number of hydrogen-bond acceptors (Lipinski definition) is 5. The number of para-hydroxylation sites is 1. The van der Waals surface area contributed by atoms with E-state index in [2.05, 4.69) is 69.5 Å². The molecule has 1 saturated heterocycles. The van der Waals surface area contributed by atoms with E-state index in [-0.39, 0.29) is 11.9 Å². The number of benzene rings is 1. The molecule has 0 bridgehead atoms. The number of amides is 1. The molecule has 1 fully saturated rings. The minimum Gasteiger partial charge on any atom is -0.361 e. The Bertz CT molecular complexity index is 1270. The molecular weight excluding hydrogens is 442 g/mol. The quantitative estimate of drug-likeness (QED) is 0.374. The Hall–Kier alpha value is -2.90. The van der Waals surface area contributed by atoms with Crippen molar-refractivity contribution in [3.05, 3.63) is 59.2 Å². The molecule has 178 valence electrons. The number of rotatable bonds is 8. The van der Waals surface area contributed by atoms with Gasteiger partial charge < -0.3 is 20.1 Å². The lowest BCUT2D eigenvalue weighted by atomic mass is 10.0. The average Bonchev–Trinajstić information content (AvgIpc) is 3.47. The van der Waals surface area contributed by atoms with Crippen LogP contribution in [0.15, 0.2) is 48.8 Å². The Morgan fingerprint density at radius 3 is 2.85 bits per heavy atom. The summed E-state index contributed by atoms with van der Waals surface area (Å²) in [4.78, 5) is 26.7. The van der Waals surface area contributed by atoms with Crippen molar-refractivity contribution in [2.45, 2.75) is 38.6 Å². The van der Waals surface area contributed by atoms with Gasteiger partial charge in [-0.05, 0) is 43.7 Å². The monoisotopic (exact) mass is 475 g/mol. The van der Waals surface area contributed by atoms with Crippen molar-refractivity contribution < 1.29 is 4.79 Å². The Morgan fingerprint density at radius 1 is 1.21 bits per heavy atom. The Labute approximate surface area is 205 Å². The molecule has 1 amide bonds. The highest BCUT2D eigenvalue weighted by Crippen LogP contribution is 2.29. The lowest BCUT2D eigenvalue weighted by molar-refractivity contribution is 0.0938. The number of likely N-dealkylation sites (N-methyl/N-ethyl adjacent to an activating group) is 1. The lowest BCUT2D eigenvalue weighted by Gasteiger charge is -2.33. The highest BCUT2D eigenvalue weighted by Gasteiger charge is 2.20. The van der Waals surface area contributed by atoms with E-state index in [9.17, 15) is 4.79 Å². The number of fused-ring (bicyclic) bond motifs is 2. The number of aromatic nitrogens is 2. The molecule has 1 atom stereocenters. The summed E-state index contributed by atoms with van der Waals surface area (Å²) in [5.41, 5.74) is 2.40. The summed E-state index contributed by atoms with van der Waals surface area (Å²) in [6.07, 6.45) is 8.01. The first-order chi connectivity index (χ1) is 16.6. The number of hydrogen-bond donors (Lipinski definition) is 2. The number of aromatic amines is 1. The largest absolute Gasteiger partial charge is 0.361 e. The number of unbranched alkanes of at least 4 members (excludes halogenated alkanes) is 1. The summed E-state index contributed by atoms with van der Waals surface area (Å²) >= 11 is 1.57. The van der Waals surface area contributed by atoms with Crippen molar-refractivity contribution in [3.63, 3.8) is 0 Å². The van der Waals surface area contributed by atoms with Gasteiger partial charge in [0.05, 0.1) is 4.88 Å². The van der Waals surface area contributed by atoms with Crippen LogP contribution in [0.3, 0.4) is 0 Å². The van der Waals surface area contributed by atoms with E-state index in [4.69, 9.17) is 0 Å². The van der Waals surface area contributed by atoms with Crippen molar-refractivity contribution in [3.8, 4) is 0 Å². The minimum absolute atomic E-state index is 0.0169. The molecule has 3 aromatic heterocycles. The summed E-state index contributed by atoms with van der Waals surface area (Å²) in [5.74, 6) is 1.03. The molecule has 5 rings (SSSR count). The van der Waals surface area contributed by atoms with Gasteiger partial charge in [-0.1, -0.05) is 38.0 Å². The molecule has 7 heteroatoms. The van der Waals surface area contributed by atoms with Crippen LogP contribution >= 0.6 is 11.3 Å². The minimum atomic E-state index is 0.0169. The van der Waals surface area contributed by atoms with Gasteiger partial charge in [0.1, 0.15) is 5.82 Å². The van der Waals surface area contributed by atoms with Crippen LogP contribution in [-0.2, 0) is 6.42 Å². The van der Waals surface area contributed by atoms with Crippen molar-refractivity contribution in [2.75, 3.05) is 38.1 Å². The van der Waals surface area contributed by atoms with E-state index in [0.717, 1.165) is 78.2 Å². The molecule has 0 radical (unpaired) electrons. The Balaban J connectivity index is 1.31. The molecule has 1 aliphatic rings. The first kappa shape index (κ1) is 22.9. The average molecular weight is 476 g/mol. The van der Waals surface area contributed by atoms with E-state index in [1.165, 1.54) is 10.9 Å². The van der Waals surface area contributed by atoms with Gasteiger partial charge in [0.25, 0.3) is 5.91 Å². The molecule has 0 saturated carbocycles. The van der Waals surface area contributed by atoms with Crippen LogP contribution in [0.5, 0.6) is 0 Å². The van der Waals surface area contributed by atoms with Gasteiger partial charge in [-0.25, -0.2) is 4.98 Å². The Morgan fingerprint density at radius 2 is 2.03 bits per heavy atom. The van der Waals surface area contributed by atoms with Gasteiger partial charge >= 0.3 is 0 Å². The van der Waals surface area contributed by atoms with E-state index < -0.39 is 0 Å². The van der Waals surface area contributed by atoms with Crippen LogP contribution in [0.4, 0.5) is 5.82 Å². The summed E-state index contributed by atoms with van der Waals surface area (Å²) in [7, 11) is 2.16. The molecule has 0 unspecified atom stereocenters. The standard InChI is InChI=1S/C27H33N5OS/c1-3-4-7-21(14-19-17-28-23-9-6-5-8-22(19)23)30-27(33)25-15-20-18-29-26(16-24(20)34-25)32-12-10-31(2)11-13-32/h5-6,8-9,15-18,21,28H,3-4,7,10-14H2,1-2H3,(H,30,33)/t21-/m1/s1. The summed E-state index contributed by atoms with van der Waals surface area (Å²) in [5, 5.41) is 5.61. The van der Waals surface area contributed by atoms with E-state index in [1.807, 2.05) is 18.3 Å². The molecule has 34 heavy (non-hydrogen) atoms. The van der Waals surface area contributed by atoms with Gasteiger partial charge in [-0.15, -0.1) is 11.3 Å². The molecule has 1 aromatic carbocycles. The molecule has 2 N–H and O–H groups in total. The third-order valence-corrected chi connectivity index (χ3v) is 7.92. The molecule has 0 spiro atoms. The van der Waals surface area contributed by atoms with E-state index in [0.29, 0.717) is 0 Å².